The molecule has 2 amide bonds. The number of carbonyl (C=O) groups excluding carboxylic acids is 1. The largest absolute Gasteiger partial charge is 0.487 e. The highest BCUT2D eigenvalue weighted by Crippen LogP contribution is 2.18. The Labute approximate surface area is 184 Å². The van der Waals surface area contributed by atoms with Crippen LogP contribution in [0.5, 0.6) is 5.75 Å². The number of nitrogens with one attached hydrogen (secondary N) is 2. The maximum atomic E-state index is 12.3. The summed E-state index contributed by atoms with van der Waals surface area (Å²) >= 11 is 5.92. The van der Waals surface area contributed by atoms with Crippen LogP contribution in [0.15, 0.2) is 85.3 Å². The van der Waals surface area contributed by atoms with E-state index in [0.717, 1.165) is 16.9 Å². The molecule has 156 valence electrons. The Morgan fingerprint density at radius 1 is 1.06 bits per heavy atom. The van der Waals surface area contributed by atoms with Crippen LogP contribution in [0.4, 0.5) is 10.5 Å². The van der Waals surface area contributed by atoms with Gasteiger partial charge < -0.3 is 15.4 Å². The van der Waals surface area contributed by atoms with Crippen LogP contribution in [-0.2, 0) is 13.2 Å². The highest BCUT2D eigenvalue weighted by Gasteiger charge is 2.06. The first-order valence-electron chi connectivity index (χ1n) is 9.63. The molecule has 0 unspecified atom stereocenters. The van der Waals surface area contributed by atoms with Gasteiger partial charge in [0, 0.05) is 41.3 Å². The SMILES string of the molecule is O=C(NCc1cnn(-c2ccc(Cl)cc2)c1)Nc1cccc(OCc2ccccn2)c1. The summed E-state index contributed by atoms with van der Waals surface area (Å²) in [6, 6.07) is 19.9. The molecule has 8 heteroatoms. The maximum Gasteiger partial charge on any atom is 0.319 e. The van der Waals surface area contributed by atoms with Crippen molar-refractivity contribution in [1.82, 2.24) is 20.1 Å². The van der Waals surface area contributed by atoms with Gasteiger partial charge in [0.25, 0.3) is 0 Å². The third kappa shape index (κ3) is 5.83. The van der Waals surface area contributed by atoms with Gasteiger partial charge in [0.15, 0.2) is 0 Å². The van der Waals surface area contributed by atoms with Crippen LogP contribution in [0.1, 0.15) is 11.3 Å². The maximum absolute atomic E-state index is 12.3. The molecule has 0 aliphatic carbocycles. The molecule has 2 heterocycles. The summed E-state index contributed by atoms with van der Waals surface area (Å²) in [7, 11) is 0. The predicted octanol–water partition coefficient (Wildman–Crippen LogP) is 4.82. The average molecular weight is 434 g/mol. The Kier molecular flexibility index (Phi) is 6.44. The molecule has 2 aromatic heterocycles. The van der Waals surface area contributed by atoms with E-state index in [0.29, 0.717) is 29.6 Å². The number of pyridine rings is 1. The molecule has 0 fully saturated rings. The standard InChI is InChI=1S/C23H20ClN5O2/c24-18-7-9-21(10-8-18)29-15-17(14-27-29)13-26-23(30)28-19-5-3-6-22(12-19)31-16-20-4-1-2-11-25-20/h1-12,14-15H,13,16H2,(H2,26,28,30). The molecule has 4 rings (SSSR count). The lowest BCUT2D eigenvalue weighted by Gasteiger charge is -2.09. The number of hydrogen-bond acceptors (Lipinski definition) is 4. The molecular weight excluding hydrogens is 414 g/mol. The van der Waals surface area contributed by atoms with Crippen LogP contribution in [0, 0.1) is 0 Å². The molecule has 0 spiro atoms. The molecule has 0 atom stereocenters. The Morgan fingerprint density at radius 3 is 2.74 bits per heavy atom. The van der Waals surface area contributed by atoms with Gasteiger partial charge in [-0.25, -0.2) is 9.48 Å². The van der Waals surface area contributed by atoms with Gasteiger partial charge >= 0.3 is 6.03 Å². The van der Waals surface area contributed by atoms with Crippen molar-refractivity contribution in [3.63, 3.8) is 0 Å². The summed E-state index contributed by atoms with van der Waals surface area (Å²) in [6.07, 6.45) is 5.29. The van der Waals surface area contributed by atoms with Crippen molar-refractivity contribution in [1.29, 1.82) is 0 Å². The lowest BCUT2D eigenvalue weighted by molar-refractivity contribution is 0.251. The zero-order valence-electron chi connectivity index (χ0n) is 16.5. The lowest BCUT2D eigenvalue weighted by Crippen LogP contribution is -2.28. The van der Waals surface area contributed by atoms with Gasteiger partial charge in [0.1, 0.15) is 12.4 Å². The summed E-state index contributed by atoms with van der Waals surface area (Å²) in [5, 5.41) is 10.6. The second kappa shape index (κ2) is 9.77. The number of hydrogen-bond donors (Lipinski definition) is 2. The summed E-state index contributed by atoms with van der Waals surface area (Å²) in [4.78, 5) is 16.5. The third-order valence-electron chi connectivity index (χ3n) is 4.39. The number of amides is 2. The Balaban J connectivity index is 1.28. The lowest BCUT2D eigenvalue weighted by atomic mass is 10.3. The first-order chi connectivity index (χ1) is 15.2. The molecule has 0 saturated carbocycles. The number of rotatable bonds is 7. The van der Waals surface area contributed by atoms with E-state index in [4.69, 9.17) is 16.3 Å². The number of nitrogens with zero attached hydrogens (tertiary/aromatic N) is 3. The fourth-order valence-electron chi connectivity index (χ4n) is 2.85. The Morgan fingerprint density at radius 2 is 1.94 bits per heavy atom. The molecule has 7 nitrogen and oxygen atoms in total. The van der Waals surface area contributed by atoms with Gasteiger partial charge in [-0.3, -0.25) is 4.98 Å². The molecule has 0 bridgehead atoms. The molecule has 0 saturated heterocycles. The van der Waals surface area contributed by atoms with Gasteiger partial charge in [-0.05, 0) is 48.5 Å². The summed E-state index contributed by atoms with van der Waals surface area (Å²) in [5.41, 5.74) is 3.23. The molecule has 0 radical (unpaired) electrons. The monoisotopic (exact) mass is 433 g/mol. The minimum absolute atomic E-state index is 0.318. The number of benzene rings is 2. The quantitative estimate of drug-likeness (QED) is 0.437. The van der Waals surface area contributed by atoms with E-state index in [1.165, 1.54) is 0 Å². The van der Waals surface area contributed by atoms with Gasteiger partial charge in [-0.1, -0.05) is 23.7 Å². The Hall–Kier alpha value is -3.84. The first-order valence-corrected chi connectivity index (χ1v) is 10.0. The van der Waals surface area contributed by atoms with Crippen LogP contribution >= 0.6 is 11.6 Å². The van der Waals surface area contributed by atoms with E-state index in [-0.39, 0.29) is 6.03 Å². The average Bonchev–Trinajstić information content (AvgIpc) is 3.27. The van der Waals surface area contributed by atoms with E-state index in [1.54, 1.807) is 41.3 Å². The van der Waals surface area contributed by atoms with Crippen molar-refractivity contribution >= 4 is 23.3 Å². The van der Waals surface area contributed by atoms with Gasteiger partial charge in [-0.2, -0.15) is 5.10 Å². The van der Waals surface area contributed by atoms with Crippen LogP contribution < -0.4 is 15.4 Å². The molecule has 2 N–H and O–H groups in total. The minimum atomic E-state index is -0.318. The second-order valence-corrected chi connectivity index (χ2v) is 7.15. The highest BCUT2D eigenvalue weighted by atomic mass is 35.5. The topological polar surface area (TPSA) is 81.1 Å². The number of urea groups is 1. The fourth-order valence-corrected chi connectivity index (χ4v) is 2.97. The smallest absolute Gasteiger partial charge is 0.319 e. The third-order valence-corrected chi connectivity index (χ3v) is 4.64. The van der Waals surface area contributed by atoms with Crippen LogP contribution in [-0.4, -0.2) is 20.8 Å². The highest BCUT2D eigenvalue weighted by molar-refractivity contribution is 6.30. The number of anilines is 1. The number of ether oxygens (including phenoxy) is 1. The first kappa shape index (κ1) is 20.4. The molecule has 2 aromatic carbocycles. The van der Waals surface area contributed by atoms with Crippen molar-refractivity contribution in [3.05, 3.63) is 102 Å². The van der Waals surface area contributed by atoms with Crippen molar-refractivity contribution in [2.45, 2.75) is 13.2 Å². The van der Waals surface area contributed by atoms with Crippen molar-refractivity contribution in [2.24, 2.45) is 0 Å². The molecule has 31 heavy (non-hydrogen) atoms. The van der Waals surface area contributed by atoms with Gasteiger partial charge in [0.2, 0.25) is 0 Å². The summed E-state index contributed by atoms with van der Waals surface area (Å²) in [5.74, 6) is 0.646. The number of carbonyl (C=O) groups is 1. The van der Waals surface area contributed by atoms with Crippen molar-refractivity contribution in [3.8, 4) is 11.4 Å². The fraction of sp³-hybridized carbons (Fsp3) is 0.0870. The zero-order chi connectivity index (χ0) is 21.5. The van der Waals surface area contributed by atoms with E-state index in [9.17, 15) is 4.79 Å². The van der Waals surface area contributed by atoms with Gasteiger partial charge in [-0.15, -0.1) is 0 Å². The van der Waals surface area contributed by atoms with E-state index < -0.39 is 0 Å². The van der Waals surface area contributed by atoms with Crippen LogP contribution in [0.2, 0.25) is 5.02 Å². The van der Waals surface area contributed by atoms with E-state index in [1.807, 2.05) is 48.7 Å². The van der Waals surface area contributed by atoms with Crippen molar-refractivity contribution < 1.29 is 9.53 Å². The van der Waals surface area contributed by atoms with Crippen molar-refractivity contribution in [2.75, 3.05) is 5.32 Å². The molecule has 0 aliphatic rings. The minimum Gasteiger partial charge on any atom is -0.487 e. The summed E-state index contributed by atoms with van der Waals surface area (Å²) < 4.78 is 7.47. The zero-order valence-corrected chi connectivity index (χ0v) is 17.3. The van der Waals surface area contributed by atoms with Crippen LogP contribution in [0.3, 0.4) is 0 Å². The van der Waals surface area contributed by atoms with Gasteiger partial charge in [0.05, 0.1) is 17.6 Å². The predicted molar refractivity (Wildman–Crippen MR) is 119 cm³/mol. The molecule has 4 aromatic rings. The summed E-state index contributed by atoms with van der Waals surface area (Å²) in [6.45, 7) is 0.698. The Bertz CT molecular complexity index is 1150. The normalized spacial score (nSPS) is 10.5. The van der Waals surface area contributed by atoms with E-state index >= 15 is 0 Å². The van der Waals surface area contributed by atoms with Crippen LogP contribution in [0.25, 0.3) is 5.69 Å². The second-order valence-electron chi connectivity index (χ2n) is 6.71. The molecular formula is C23H20ClN5O2. The molecule has 0 aliphatic heterocycles. The number of halogens is 1. The van der Waals surface area contributed by atoms with E-state index in [2.05, 4.69) is 20.7 Å². The number of aromatic nitrogens is 3.